The highest BCUT2D eigenvalue weighted by Gasteiger charge is 2.15. The summed E-state index contributed by atoms with van der Waals surface area (Å²) < 4.78 is 1.53. The Morgan fingerprint density at radius 1 is 1.33 bits per heavy atom. The first kappa shape index (κ1) is 12.2. The monoisotopic (exact) mass is 245 g/mol. The first-order valence-electron chi connectivity index (χ1n) is 5.59. The highest BCUT2D eigenvalue weighted by Crippen LogP contribution is 2.06. The fourth-order valence-electron chi connectivity index (χ4n) is 1.40. The Hall–Kier alpha value is -2.24. The van der Waals surface area contributed by atoms with Crippen molar-refractivity contribution in [3.05, 3.63) is 36.5 Å². The smallest absolute Gasteiger partial charge is 0.253 e. The molecule has 2 heterocycles. The second kappa shape index (κ2) is 4.56. The van der Waals surface area contributed by atoms with Crippen molar-refractivity contribution in [2.75, 3.05) is 0 Å². The van der Waals surface area contributed by atoms with Gasteiger partial charge in [-0.2, -0.15) is 5.10 Å². The van der Waals surface area contributed by atoms with E-state index in [1.807, 2.05) is 20.8 Å². The number of hydrogen-bond acceptors (Lipinski definition) is 4. The minimum absolute atomic E-state index is 0.139. The molecular formula is C12H15N5O. The van der Waals surface area contributed by atoms with Crippen LogP contribution in [0.15, 0.2) is 31.0 Å². The maximum atomic E-state index is 11.9. The summed E-state index contributed by atoms with van der Waals surface area (Å²) in [4.78, 5) is 19.9. The molecule has 94 valence electrons. The van der Waals surface area contributed by atoms with Gasteiger partial charge in [-0.05, 0) is 32.9 Å². The van der Waals surface area contributed by atoms with Crippen molar-refractivity contribution < 1.29 is 4.79 Å². The standard InChI is InChI=1S/C12H15N5O/c1-12(2,3)16-11(18)9-4-5-10(14-6-9)17-8-13-7-15-17/h4-8H,1-3H3,(H,16,18). The summed E-state index contributed by atoms with van der Waals surface area (Å²) >= 11 is 0. The molecule has 6 heteroatoms. The molecule has 2 aromatic heterocycles. The number of carbonyl (C=O) groups is 1. The minimum atomic E-state index is -0.262. The summed E-state index contributed by atoms with van der Waals surface area (Å²) in [6.45, 7) is 5.80. The van der Waals surface area contributed by atoms with E-state index in [0.717, 1.165) is 0 Å². The van der Waals surface area contributed by atoms with E-state index in [4.69, 9.17) is 0 Å². The van der Waals surface area contributed by atoms with Crippen LogP contribution in [0, 0.1) is 0 Å². The molecule has 0 saturated heterocycles. The van der Waals surface area contributed by atoms with E-state index in [-0.39, 0.29) is 11.4 Å². The summed E-state index contributed by atoms with van der Waals surface area (Å²) in [6, 6.07) is 3.44. The largest absolute Gasteiger partial charge is 0.347 e. The molecule has 0 atom stereocenters. The van der Waals surface area contributed by atoms with Gasteiger partial charge < -0.3 is 5.32 Å². The van der Waals surface area contributed by atoms with Crippen molar-refractivity contribution in [1.82, 2.24) is 25.1 Å². The first-order valence-corrected chi connectivity index (χ1v) is 5.59. The third kappa shape index (κ3) is 2.91. The van der Waals surface area contributed by atoms with Crippen LogP contribution in [-0.2, 0) is 0 Å². The SMILES string of the molecule is CC(C)(C)NC(=O)c1ccc(-n2cncn2)nc1. The number of pyridine rings is 1. The van der Waals surface area contributed by atoms with Gasteiger partial charge in [0.2, 0.25) is 0 Å². The number of aromatic nitrogens is 4. The van der Waals surface area contributed by atoms with Gasteiger partial charge in [-0.3, -0.25) is 4.79 Å². The molecule has 18 heavy (non-hydrogen) atoms. The lowest BCUT2D eigenvalue weighted by Crippen LogP contribution is -2.40. The molecular weight excluding hydrogens is 230 g/mol. The molecule has 1 N–H and O–H groups in total. The van der Waals surface area contributed by atoms with Gasteiger partial charge in [0.1, 0.15) is 12.7 Å². The van der Waals surface area contributed by atoms with Crippen molar-refractivity contribution in [2.24, 2.45) is 0 Å². The molecule has 0 fully saturated rings. The van der Waals surface area contributed by atoms with Gasteiger partial charge in [-0.25, -0.2) is 14.6 Å². The van der Waals surface area contributed by atoms with Gasteiger partial charge in [0.15, 0.2) is 5.82 Å². The summed E-state index contributed by atoms with van der Waals surface area (Å²) in [7, 11) is 0. The molecule has 2 rings (SSSR count). The molecule has 0 aliphatic carbocycles. The van der Waals surface area contributed by atoms with Crippen molar-refractivity contribution in [2.45, 2.75) is 26.3 Å². The summed E-state index contributed by atoms with van der Waals surface area (Å²) in [5.74, 6) is 0.486. The van der Waals surface area contributed by atoms with Crippen molar-refractivity contribution in [3.8, 4) is 5.82 Å². The number of nitrogens with zero attached hydrogens (tertiary/aromatic N) is 4. The van der Waals surface area contributed by atoms with Crippen LogP contribution in [0.5, 0.6) is 0 Å². The Balaban J connectivity index is 2.15. The van der Waals surface area contributed by atoms with Gasteiger partial charge in [0.05, 0.1) is 5.56 Å². The topological polar surface area (TPSA) is 72.7 Å². The Morgan fingerprint density at radius 2 is 2.11 bits per heavy atom. The molecule has 0 bridgehead atoms. The summed E-state index contributed by atoms with van der Waals surface area (Å²) in [6.07, 6.45) is 4.51. The van der Waals surface area contributed by atoms with Crippen LogP contribution in [0.4, 0.5) is 0 Å². The fraction of sp³-hybridized carbons (Fsp3) is 0.333. The maximum absolute atomic E-state index is 11.9. The minimum Gasteiger partial charge on any atom is -0.347 e. The zero-order valence-corrected chi connectivity index (χ0v) is 10.6. The third-order valence-electron chi connectivity index (χ3n) is 2.15. The predicted octanol–water partition coefficient (Wildman–Crippen LogP) is 1.19. The van der Waals surface area contributed by atoms with Crippen LogP contribution in [-0.4, -0.2) is 31.2 Å². The molecule has 1 amide bonds. The predicted molar refractivity (Wildman–Crippen MR) is 66.4 cm³/mol. The first-order chi connectivity index (χ1) is 8.46. The Bertz CT molecular complexity index is 525. The highest BCUT2D eigenvalue weighted by molar-refractivity contribution is 5.94. The van der Waals surface area contributed by atoms with Crippen LogP contribution >= 0.6 is 0 Å². The second-order valence-corrected chi connectivity index (χ2v) is 4.95. The van der Waals surface area contributed by atoms with Gasteiger partial charge in [0, 0.05) is 11.7 Å². The lowest BCUT2D eigenvalue weighted by molar-refractivity contribution is 0.0919. The summed E-state index contributed by atoms with van der Waals surface area (Å²) in [5.41, 5.74) is 0.260. The Morgan fingerprint density at radius 3 is 2.61 bits per heavy atom. The van der Waals surface area contributed by atoms with E-state index in [0.29, 0.717) is 11.4 Å². The molecule has 0 aromatic carbocycles. The molecule has 0 unspecified atom stereocenters. The van der Waals surface area contributed by atoms with Gasteiger partial charge >= 0.3 is 0 Å². The van der Waals surface area contributed by atoms with Crippen LogP contribution in [0.3, 0.4) is 0 Å². The molecule has 0 radical (unpaired) electrons. The molecule has 0 aliphatic heterocycles. The van der Waals surface area contributed by atoms with E-state index >= 15 is 0 Å². The van der Waals surface area contributed by atoms with E-state index in [1.165, 1.54) is 17.2 Å². The number of rotatable bonds is 2. The van der Waals surface area contributed by atoms with Crippen LogP contribution < -0.4 is 5.32 Å². The molecule has 0 saturated carbocycles. The molecule has 2 aromatic rings. The van der Waals surface area contributed by atoms with Crippen LogP contribution in [0.25, 0.3) is 5.82 Å². The van der Waals surface area contributed by atoms with E-state index < -0.39 is 0 Å². The number of carbonyl (C=O) groups excluding carboxylic acids is 1. The van der Waals surface area contributed by atoms with E-state index in [1.54, 1.807) is 18.5 Å². The lowest BCUT2D eigenvalue weighted by Gasteiger charge is -2.20. The van der Waals surface area contributed by atoms with Crippen molar-refractivity contribution >= 4 is 5.91 Å². The molecule has 0 aliphatic rings. The van der Waals surface area contributed by atoms with E-state index in [2.05, 4.69) is 20.4 Å². The molecule has 0 spiro atoms. The van der Waals surface area contributed by atoms with Crippen molar-refractivity contribution in [3.63, 3.8) is 0 Å². The average molecular weight is 245 g/mol. The van der Waals surface area contributed by atoms with Gasteiger partial charge in [0.25, 0.3) is 5.91 Å². The maximum Gasteiger partial charge on any atom is 0.253 e. The number of amides is 1. The van der Waals surface area contributed by atoms with Gasteiger partial charge in [-0.15, -0.1) is 0 Å². The normalized spacial score (nSPS) is 11.3. The lowest BCUT2D eigenvalue weighted by atomic mass is 10.1. The zero-order chi connectivity index (χ0) is 13.2. The summed E-state index contributed by atoms with van der Waals surface area (Å²) in [5, 5.41) is 6.84. The Labute approximate surface area is 105 Å². The quantitative estimate of drug-likeness (QED) is 0.862. The number of nitrogens with one attached hydrogen (secondary N) is 1. The number of hydrogen-bond donors (Lipinski definition) is 1. The van der Waals surface area contributed by atoms with E-state index in [9.17, 15) is 4.79 Å². The van der Waals surface area contributed by atoms with Crippen molar-refractivity contribution in [1.29, 1.82) is 0 Å². The Kier molecular flexibility index (Phi) is 3.10. The average Bonchev–Trinajstić information content (AvgIpc) is 2.80. The van der Waals surface area contributed by atoms with Crippen LogP contribution in [0.1, 0.15) is 31.1 Å². The van der Waals surface area contributed by atoms with Gasteiger partial charge in [-0.1, -0.05) is 0 Å². The van der Waals surface area contributed by atoms with Crippen LogP contribution in [0.2, 0.25) is 0 Å². The highest BCUT2D eigenvalue weighted by atomic mass is 16.1. The zero-order valence-electron chi connectivity index (χ0n) is 10.6. The fourth-order valence-corrected chi connectivity index (χ4v) is 1.40. The second-order valence-electron chi connectivity index (χ2n) is 4.95. The third-order valence-corrected chi connectivity index (χ3v) is 2.15. The molecule has 6 nitrogen and oxygen atoms in total.